The summed E-state index contributed by atoms with van der Waals surface area (Å²) >= 11 is 0. The summed E-state index contributed by atoms with van der Waals surface area (Å²) in [4.78, 5) is 2.56. The van der Waals surface area contributed by atoms with Gasteiger partial charge in [0.2, 0.25) is 0 Å². The second-order valence-corrected chi connectivity index (χ2v) is 6.58. The molecule has 100 valence electrons. The van der Waals surface area contributed by atoms with Crippen LogP contribution in [-0.4, -0.2) is 37.6 Å². The minimum absolute atomic E-state index is 0.460. The van der Waals surface area contributed by atoms with E-state index >= 15 is 0 Å². The minimum atomic E-state index is 0.460. The average Bonchev–Trinajstić information content (AvgIpc) is 3.03. The fraction of sp³-hybridized carbons (Fsp3) is 1.00. The van der Waals surface area contributed by atoms with Crippen molar-refractivity contribution in [3.63, 3.8) is 0 Å². The molecule has 0 spiro atoms. The Balaban J connectivity index is 1.71. The molecule has 0 saturated heterocycles. The van der Waals surface area contributed by atoms with Crippen molar-refractivity contribution >= 4 is 0 Å². The van der Waals surface area contributed by atoms with E-state index < -0.39 is 0 Å². The Morgan fingerprint density at radius 2 is 1.88 bits per heavy atom. The Labute approximate surface area is 107 Å². The maximum absolute atomic E-state index is 3.62. The molecule has 2 rings (SSSR count). The van der Waals surface area contributed by atoms with Crippen molar-refractivity contribution < 1.29 is 0 Å². The number of nitrogens with one attached hydrogen (secondary N) is 1. The van der Waals surface area contributed by atoms with Gasteiger partial charge in [-0.25, -0.2) is 0 Å². The average molecular weight is 238 g/mol. The predicted molar refractivity (Wildman–Crippen MR) is 74.3 cm³/mol. The summed E-state index contributed by atoms with van der Waals surface area (Å²) in [5, 5.41) is 3.62. The molecule has 2 saturated carbocycles. The molecule has 0 aromatic heterocycles. The molecule has 0 heterocycles. The summed E-state index contributed by atoms with van der Waals surface area (Å²) in [7, 11) is 4.46. The van der Waals surface area contributed by atoms with E-state index in [2.05, 4.69) is 31.2 Å². The van der Waals surface area contributed by atoms with Gasteiger partial charge in [0.15, 0.2) is 0 Å². The highest BCUT2D eigenvalue weighted by Crippen LogP contribution is 2.38. The van der Waals surface area contributed by atoms with Crippen molar-refractivity contribution in [2.45, 2.75) is 57.4 Å². The van der Waals surface area contributed by atoms with Crippen LogP contribution >= 0.6 is 0 Å². The highest BCUT2D eigenvalue weighted by atomic mass is 15.1. The standard InChI is InChI=1S/C15H30N2/c1-13-11-14(13)12-17(3)10-9-15(16-2)7-5-4-6-8-15/h13-14,16H,4-12H2,1-3H3. The van der Waals surface area contributed by atoms with Crippen LogP contribution in [0.3, 0.4) is 0 Å². The maximum Gasteiger partial charge on any atom is 0.0190 e. The van der Waals surface area contributed by atoms with Crippen LogP contribution in [0.2, 0.25) is 0 Å². The topological polar surface area (TPSA) is 15.3 Å². The molecule has 2 aliphatic carbocycles. The second-order valence-electron chi connectivity index (χ2n) is 6.58. The Morgan fingerprint density at radius 1 is 1.24 bits per heavy atom. The first-order chi connectivity index (χ1) is 8.15. The lowest BCUT2D eigenvalue weighted by Crippen LogP contribution is -2.46. The zero-order valence-electron chi connectivity index (χ0n) is 12.0. The number of hydrogen-bond acceptors (Lipinski definition) is 2. The van der Waals surface area contributed by atoms with Crippen molar-refractivity contribution in [1.82, 2.24) is 10.2 Å². The third kappa shape index (κ3) is 3.69. The van der Waals surface area contributed by atoms with Crippen molar-refractivity contribution in [2.24, 2.45) is 11.8 Å². The lowest BCUT2D eigenvalue weighted by Gasteiger charge is -2.38. The molecular formula is C15H30N2. The van der Waals surface area contributed by atoms with Crippen molar-refractivity contribution in [3.05, 3.63) is 0 Å². The van der Waals surface area contributed by atoms with Crippen LogP contribution in [0.15, 0.2) is 0 Å². The fourth-order valence-corrected chi connectivity index (χ4v) is 3.40. The Morgan fingerprint density at radius 3 is 2.41 bits per heavy atom. The molecule has 2 unspecified atom stereocenters. The quantitative estimate of drug-likeness (QED) is 0.765. The number of rotatable bonds is 6. The summed E-state index contributed by atoms with van der Waals surface area (Å²) in [6.45, 7) is 4.97. The Bertz CT molecular complexity index is 233. The zero-order chi connectivity index (χ0) is 12.3. The van der Waals surface area contributed by atoms with Crippen LogP contribution in [0.1, 0.15) is 51.9 Å². The molecule has 2 atom stereocenters. The molecule has 1 N–H and O–H groups in total. The first-order valence-electron chi connectivity index (χ1n) is 7.53. The van der Waals surface area contributed by atoms with E-state index in [-0.39, 0.29) is 0 Å². The van der Waals surface area contributed by atoms with Crippen LogP contribution in [0.4, 0.5) is 0 Å². The first-order valence-corrected chi connectivity index (χ1v) is 7.53. The van der Waals surface area contributed by atoms with Crippen LogP contribution in [0, 0.1) is 11.8 Å². The molecule has 0 radical (unpaired) electrons. The maximum atomic E-state index is 3.62. The van der Waals surface area contributed by atoms with Crippen LogP contribution in [0.25, 0.3) is 0 Å². The van der Waals surface area contributed by atoms with Crippen LogP contribution in [-0.2, 0) is 0 Å². The van der Waals surface area contributed by atoms with Gasteiger partial charge in [0.05, 0.1) is 0 Å². The van der Waals surface area contributed by atoms with E-state index in [1.165, 1.54) is 58.0 Å². The van der Waals surface area contributed by atoms with E-state index in [1.54, 1.807) is 0 Å². The summed E-state index contributed by atoms with van der Waals surface area (Å²) in [5.41, 5.74) is 0.460. The monoisotopic (exact) mass is 238 g/mol. The molecular weight excluding hydrogens is 208 g/mol. The molecule has 17 heavy (non-hydrogen) atoms. The van der Waals surface area contributed by atoms with E-state index in [0.29, 0.717) is 5.54 Å². The molecule has 0 aromatic carbocycles. The molecule has 0 aliphatic heterocycles. The van der Waals surface area contributed by atoms with Crippen molar-refractivity contribution in [1.29, 1.82) is 0 Å². The third-order valence-electron chi connectivity index (χ3n) is 5.14. The van der Waals surface area contributed by atoms with Crippen molar-refractivity contribution in [2.75, 3.05) is 27.2 Å². The molecule has 2 nitrogen and oxygen atoms in total. The second kappa shape index (κ2) is 5.71. The van der Waals surface area contributed by atoms with E-state index in [0.717, 1.165) is 11.8 Å². The SMILES string of the molecule is CNC1(CCN(C)CC2CC2C)CCCCC1. The molecule has 2 heteroatoms. The van der Waals surface area contributed by atoms with Gasteiger partial charge >= 0.3 is 0 Å². The van der Waals surface area contributed by atoms with Crippen LogP contribution < -0.4 is 5.32 Å². The summed E-state index contributed by atoms with van der Waals surface area (Å²) in [6, 6.07) is 0. The minimum Gasteiger partial charge on any atom is -0.314 e. The normalized spacial score (nSPS) is 31.8. The smallest absolute Gasteiger partial charge is 0.0190 e. The molecule has 0 aromatic rings. The highest BCUT2D eigenvalue weighted by molar-refractivity contribution is 4.91. The van der Waals surface area contributed by atoms with Gasteiger partial charge < -0.3 is 10.2 Å². The Hall–Kier alpha value is -0.0800. The molecule has 2 fully saturated rings. The van der Waals surface area contributed by atoms with Gasteiger partial charge in [-0.2, -0.15) is 0 Å². The summed E-state index contributed by atoms with van der Waals surface area (Å²) < 4.78 is 0. The predicted octanol–water partition coefficient (Wildman–Crippen LogP) is 2.89. The lowest BCUT2D eigenvalue weighted by molar-refractivity contribution is 0.193. The summed E-state index contributed by atoms with van der Waals surface area (Å²) in [6.07, 6.45) is 9.85. The lowest BCUT2D eigenvalue weighted by atomic mass is 9.79. The number of nitrogens with zero attached hydrogens (tertiary/aromatic N) is 1. The number of hydrogen-bond donors (Lipinski definition) is 1. The first kappa shape index (κ1) is 13.4. The largest absolute Gasteiger partial charge is 0.314 e. The van der Waals surface area contributed by atoms with E-state index in [9.17, 15) is 0 Å². The molecule has 0 amide bonds. The Kier molecular flexibility index (Phi) is 4.48. The van der Waals surface area contributed by atoms with Gasteiger partial charge in [-0.05, 0) is 58.2 Å². The summed E-state index contributed by atoms with van der Waals surface area (Å²) in [5.74, 6) is 1.99. The molecule has 2 aliphatic rings. The third-order valence-corrected chi connectivity index (χ3v) is 5.14. The zero-order valence-corrected chi connectivity index (χ0v) is 12.0. The van der Waals surface area contributed by atoms with Gasteiger partial charge in [0.25, 0.3) is 0 Å². The molecule has 0 bridgehead atoms. The van der Waals surface area contributed by atoms with E-state index in [1.807, 2.05) is 0 Å². The van der Waals surface area contributed by atoms with Crippen LogP contribution in [0.5, 0.6) is 0 Å². The highest BCUT2D eigenvalue weighted by Gasteiger charge is 2.34. The van der Waals surface area contributed by atoms with Crippen molar-refractivity contribution in [3.8, 4) is 0 Å². The van der Waals surface area contributed by atoms with Gasteiger partial charge in [-0.1, -0.05) is 26.2 Å². The fourth-order valence-electron chi connectivity index (χ4n) is 3.40. The van der Waals surface area contributed by atoms with E-state index in [4.69, 9.17) is 0 Å². The van der Waals surface area contributed by atoms with Gasteiger partial charge in [-0.15, -0.1) is 0 Å². The van der Waals surface area contributed by atoms with Gasteiger partial charge in [0.1, 0.15) is 0 Å². The van der Waals surface area contributed by atoms with Gasteiger partial charge in [-0.3, -0.25) is 0 Å². The van der Waals surface area contributed by atoms with Gasteiger partial charge in [0, 0.05) is 12.1 Å².